The van der Waals surface area contributed by atoms with Gasteiger partial charge in [0, 0.05) is 12.0 Å². The Morgan fingerprint density at radius 3 is 2.79 bits per heavy atom. The summed E-state index contributed by atoms with van der Waals surface area (Å²) in [4.78, 5) is 0. The van der Waals surface area contributed by atoms with Crippen LogP contribution >= 0.6 is 0 Å². The van der Waals surface area contributed by atoms with E-state index in [1.54, 1.807) is 0 Å². The third kappa shape index (κ3) is 3.22. The summed E-state index contributed by atoms with van der Waals surface area (Å²) in [5.41, 5.74) is 7.53. The van der Waals surface area contributed by atoms with Gasteiger partial charge in [0.05, 0.1) is 6.10 Å². The SMILES string of the molecule is CC1=CC(C)CC(C(O)C2(CN)CCCC(C)C2)C1. The molecular formula is C17H31NO. The highest BCUT2D eigenvalue weighted by Crippen LogP contribution is 2.46. The zero-order chi connectivity index (χ0) is 14.0. The normalized spacial score (nSPS) is 41.7. The van der Waals surface area contributed by atoms with E-state index in [-0.39, 0.29) is 11.5 Å². The summed E-state index contributed by atoms with van der Waals surface area (Å²) < 4.78 is 0. The first-order valence-electron chi connectivity index (χ1n) is 8.02. The molecule has 0 bridgehead atoms. The van der Waals surface area contributed by atoms with Crippen LogP contribution in [0.3, 0.4) is 0 Å². The molecule has 0 aliphatic heterocycles. The molecule has 0 aromatic rings. The van der Waals surface area contributed by atoms with Crippen LogP contribution < -0.4 is 5.73 Å². The van der Waals surface area contributed by atoms with E-state index < -0.39 is 0 Å². The van der Waals surface area contributed by atoms with Crippen molar-refractivity contribution >= 4 is 0 Å². The lowest BCUT2D eigenvalue weighted by atomic mass is 9.62. The van der Waals surface area contributed by atoms with Gasteiger partial charge in [0.1, 0.15) is 0 Å². The lowest BCUT2D eigenvalue weighted by Gasteiger charge is -2.46. The lowest BCUT2D eigenvalue weighted by Crippen LogP contribution is -2.49. The Bertz CT molecular complexity index is 338. The molecule has 0 radical (unpaired) electrons. The summed E-state index contributed by atoms with van der Waals surface area (Å²) in [6.45, 7) is 7.42. The molecular weight excluding hydrogens is 234 g/mol. The highest BCUT2D eigenvalue weighted by atomic mass is 16.3. The summed E-state index contributed by atoms with van der Waals surface area (Å²) in [6.07, 6.45) is 9.08. The molecule has 110 valence electrons. The van der Waals surface area contributed by atoms with Crippen molar-refractivity contribution in [3.8, 4) is 0 Å². The number of aliphatic hydroxyl groups is 1. The van der Waals surface area contributed by atoms with Crippen LogP contribution in [-0.2, 0) is 0 Å². The fourth-order valence-electron chi connectivity index (χ4n) is 4.61. The Kier molecular flexibility index (Phi) is 4.73. The van der Waals surface area contributed by atoms with E-state index in [0.29, 0.717) is 24.3 Å². The van der Waals surface area contributed by atoms with E-state index in [1.165, 1.54) is 18.4 Å². The maximum Gasteiger partial charge on any atom is 0.0640 e. The summed E-state index contributed by atoms with van der Waals surface area (Å²) in [5, 5.41) is 11.0. The van der Waals surface area contributed by atoms with Crippen LogP contribution in [0.5, 0.6) is 0 Å². The zero-order valence-electron chi connectivity index (χ0n) is 12.9. The third-order valence-electron chi connectivity index (χ3n) is 5.43. The Morgan fingerprint density at radius 2 is 2.21 bits per heavy atom. The molecule has 0 heterocycles. The van der Waals surface area contributed by atoms with Gasteiger partial charge in [0.25, 0.3) is 0 Å². The molecule has 1 fully saturated rings. The Labute approximate surface area is 118 Å². The maximum atomic E-state index is 11.0. The van der Waals surface area contributed by atoms with E-state index in [9.17, 15) is 5.11 Å². The highest BCUT2D eigenvalue weighted by molar-refractivity contribution is 5.09. The zero-order valence-corrected chi connectivity index (χ0v) is 12.9. The van der Waals surface area contributed by atoms with Crippen molar-refractivity contribution in [2.45, 2.75) is 65.4 Å². The fourth-order valence-corrected chi connectivity index (χ4v) is 4.61. The van der Waals surface area contributed by atoms with Crippen LogP contribution in [0.2, 0.25) is 0 Å². The second kappa shape index (κ2) is 5.97. The quantitative estimate of drug-likeness (QED) is 0.767. The average molecular weight is 265 g/mol. The van der Waals surface area contributed by atoms with E-state index in [0.717, 1.165) is 25.7 Å². The largest absolute Gasteiger partial charge is 0.392 e. The Morgan fingerprint density at radius 1 is 1.47 bits per heavy atom. The van der Waals surface area contributed by atoms with Gasteiger partial charge in [0.2, 0.25) is 0 Å². The predicted octanol–water partition coefficient (Wildman–Crippen LogP) is 3.49. The highest BCUT2D eigenvalue weighted by Gasteiger charge is 2.44. The van der Waals surface area contributed by atoms with Crippen molar-refractivity contribution < 1.29 is 5.11 Å². The van der Waals surface area contributed by atoms with Crippen LogP contribution in [-0.4, -0.2) is 17.8 Å². The standard InChI is InChI=1S/C17H31NO/c1-12-5-4-6-17(10-12,11-18)16(19)15-8-13(2)7-14(3)9-15/h7,12-13,15-16,19H,4-6,8-11,18H2,1-3H3. The summed E-state index contributed by atoms with van der Waals surface area (Å²) >= 11 is 0. The second-order valence-corrected chi connectivity index (χ2v) is 7.40. The van der Waals surface area contributed by atoms with Crippen LogP contribution in [0.4, 0.5) is 0 Å². The minimum atomic E-state index is -0.216. The summed E-state index contributed by atoms with van der Waals surface area (Å²) in [5.74, 6) is 1.72. The van der Waals surface area contributed by atoms with E-state index in [1.807, 2.05) is 0 Å². The minimum Gasteiger partial charge on any atom is -0.392 e. The summed E-state index contributed by atoms with van der Waals surface area (Å²) in [7, 11) is 0. The molecule has 1 saturated carbocycles. The molecule has 0 aromatic heterocycles. The van der Waals surface area contributed by atoms with Crippen LogP contribution in [0, 0.1) is 23.2 Å². The maximum absolute atomic E-state index is 11.0. The third-order valence-corrected chi connectivity index (χ3v) is 5.43. The molecule has 2 rings (SSSR count). The predicted molar refractivity (Wildman–Crippen MR) is 80.8 cm³/mol. The van der Waals surface area contributed by atoms with Gasteiger partial charge < -0.3 is 10.8 Å². The topological polar surface area (TPSA) is 46.2 Å². The van der Waals surface area contributed by atoms with Gasteiger partial charge in [-0.15, -0.1) is 0 Å². The molecule has 2 nitrogen and oxygen atoms in total. The van der Waals surface area contributed by atoms with Crippen LogP contribution in [0.25, 0.3) is 0 Å². The lowest BCUT2D eigenvalue weighted by molar-refractivity contribution is -0.0527. The molecule has 0 aromatic carbocycles. The van der Waals surface area contributed by atoms with Gasteiger partial charge >= 0.3 is 0 Å². The number of hydrogen-bond acceptors (Lipinski definition) is 2. The molecule has 3 N–H and O–H groups in total. The molecule has 0 amide bonds. The molecule has 19 heavy (non-hydrogen) atoms. The number of allylic oxidation sites excluding steroid dienone is 2. The summed E-state index contributed by atoms with van der Waals surface area (Å²) in [6, 6.07) is 0. The fraction of sp³-hybridized carbons (Fsp3) is 0.882. The number of hydrogen-bond donors (Lipinski definition) is 2. The first-order valence-corrected chi connectivity index (χ1v) is 8.02. The van der Waals surface area contributed by atoms with E-state index in [4.69, 9.17) is 5.73 Å². The van der Waals surface area contributed by atoms with Crippen molar-refractivity contribution in [3.63, 3.8) is 0 Å². The van der Waals surface area contributed by atoms with E-state index >= 15 is 0 Å². The van der Waals surface area contributed by atoms with Gasteiger partial charge in [-0.3, -0.25) is 0 Å². The van der Waals surface area contributed by atoms with Crippen LogP contribution in [0.1, 0.15) is 59.3 Å². The van der Waals surface area contributed by atoms with Crippen molar-refractivity contribution in [3.05, 3.63) is 11.6 Å². The molecule has 0 saturated heterocycles. The van der Waals surface area contributed by atoms with Gasteiger partial charge in [-0.05, 0) is 50.4 Å². The van der Waals surface area contributed by atoms with Gasteiger partial charge in [-0.1, -0.05) is 38.3 Å². The second-order valence-electron chi connectivity index (χ2n) is 7.40. The van der Waals surface area contributed by atoms with Gasteiger partial charge in [0.15, 0.2) is 0 Å². The first kappa shape index (κ1) is 15.1. The Balaban J connectivity index is 2.12. The average Bonchev–Trinajstić information content (AvgIpc) is 2.36. The monoisotopic (exact) mass is 265 g/mol. The number of nitrogens with two attached hydrogens (primary N) is 1. The number of rotatable bonds is 3. The minimum absolute atomic E-state index is 0.0142. The van der Waals surface area contributed by atoms with Gasteiger partial charge in [-0.25, -0.2) is 0 Å². The van der Waals surface area contributed by atoms with Crippen LogP contribution in [0.15, 0.2) is 11.6 Å². The van der Waals surface area contributed by atoms with Crippen molar-refractivity contribution in [1.29, 1.82) is 0 Å². The molecule has 0 spiro atoms. The van der Waals surface area contributed by atoms with Gasteiger partial charge in [-0.2, -0.15) is 0 Å². The molecule has 2 heteroatoms. The first-order chi connectivity index (χ1) is 8.97. The Hall–Kier alpha value is -0.340. The van der Waals surface area contributed by atoms with E-state index in [2.05, 4.69) is 26.8 Å². The van der Waals surface area contributed by atoms with Crippen molar-refractivity contribution in [2.24, 2.45) is 28.9 Å². The van der Waals surface area contributed by atoms with Crippen molar-refractivity contribution in [1.82, 2.24) is 0 Å². The van der Waals surface area contributed by atoms with Crippen molar-refractivity contribution in [2.75, 3.05) is 6.54 Å². The molecule has 2 aliphatic carbocycles. The molecule has 5 unspecified atom stereocenters. The molecule has 5 atom stereocenters. The smallest absolute Gasteiger partial charge is 0.0640 e. The number of aliphatic hydroxyl groups excluding tert-OH is 1. The molecule has 2 aliphatic rings.